The maximum absolute atomic E-state index is 6.08. The zero-order chi connectivity index (χ0) is 19.7. The minimum Gasteiger partial charge on any atom is -0.377 e. The Labute approximate surface area is 168 Å². The highest BCUT2D eigenvalue weighted by Gasteiger charge is 2.58. The third kappa shape index (κ3) is 3.78. The van der Waals surface area contributed by atoms with Crippen LogP contribution in [0.5, 0.6) is 0 Å². The van der Waals surface area contributed by atoms with Gasteiger partial charge >= 0.3 is 0 Å². The standard InChI is InChI=1S/C21H36N6O/c1-14-25-26-17(27(14)4)13-22-20(23-15-9-6-5-7-10-15)24-18-16-11-8-12-28-19(16)21(18,2)3/h15-16,18-19H,5-13H2,1-4H3,(H2,22,23,24). The molecule has 7 nitrogen and oxygen atoms in total. The Kier molecular flexibility index (Phi) is 5.63. The SMILES string of the molecule is Cc1nnc(CN=C(NC2CCCCC2)NC2C3CCCOC3C2(C)C)n1C. The molecule has 4 rings (SSSR count). The minimum atomic E-state index is 0.126. The van der Waals surface area contributed by atoms with Gasteiger partial charge in [-0.2, -0.15) is 0 Å². The van der Waals surface area contributed by atoms with Gasteiger partial charge in [0.25, 0.3) is 0 Å². The Morgan fingerprint density at radius 3 is 2.64 bits per heavy atom. The van der Waals surface area contributed by atoms with Gasteiger partial charge in [0.2, 0.25) is 0 Å². The van der Waals surface area contributed by atoms with Crippen LogP contribution in [-0.2, 0) is 18.3 Å². The van der Waals surface area contributed by atoms with Gasteiger partial charge in [0.1, 0.15) is 12.4 Å². The molecule has 0 spiro atoms. The van der Waals surface area contributed by atoms with Gasteiger partial charge < -0.3 is 19.9 Å². The number of aromatic nitrogens is 3. The van der Waals surface area contributed by atoms with E-state index in [-0.39, 0.29) is 5.41 Å². The molecule has 7 heteroatoms. The van der Waals surface area contributed by atoms with Gasteiger partial charge in [-0.3, -0.25) is 0 Å². The number of guanidine groups is 1. The molecule has 1 aliphatic heterocycles. The molecule has 1 saturated heterocycles. The fraction of sp³-hybridized carbons (Fsp3) is 0.857. The van der Waals surface area contributed by atoms with Crippen LogP contribution in [0, 0.1) is 18.3 Å². The van der Waals surface area contributed by atoms with Crippen LogP contribution in [0.3, 0.4) is 0 Å². The molecule has 3 aliphatic rings. The second kappa shape index (κ2) is 8.01. The Balaban J connectivity index is 1.49. The lowest BCUT2D eigenvalue weighted by Crippen LogP contribution is -2.71. The Morgan fingerprint density at radius 2 is 1.93 bits per heavy atom. The average molecular weight is 389 g/mol. The van der Waals surface area contributed by atoms with Crippen molar-refractivity contribution in [3.63, 3.8) is 0 Å². The summed E-state index contributed by atoms with van der Waals surface area (Å²) < 4.78 is 8.09. The summed E-state index contributed by atoms with van der Waals surface area (Å²) in [4.78, 5) is 4.92. The molecule has 2 saturated carbocycles. The van der Waals surface area contributed by atoms with Crippen LogP contribution in [0.4, 0.5) is 0 Å². The highest BCUT2D eigenvalue weighted by molar-refractivity contribution is 5.80. The van der Waals surface area contributed by atoms with E-state index >= 15 is 0 Å². The minimum absolute atomic E-state index is 0.126. The van der Waals surface area contributed by atoms with Gasteiger partial charge in [-0.05, 0) is 32.6 Å². The van der Waals surface area contributed by atoms with E-state index in [1.807, 2.05) is 18.5 Å². The second-order valence-corrected chi connectivity index (χ2v) is 9.41. The van der Waals surface area contributed by atoms with Crippen molar-refractivity contribution < 1.29 is 4.74 Å². The highest BCUT2D eigenvalue weighted by atomic mass is 16.5. The maximum Gasteiger partial charge on any atom is 0.192 e. The van der Waals surface area contributed by atoms with Crippen molar-refractivity contribution in [2.24, 2.45) is 23.4 Å². The predicted octanol–water partition coefficient (Wildman–Crippen LogP) is 2.70. The van der Waals surface area contributed by atoms with Crippen molar-refractivity contribution in [2.45, 2.75) is 90.4 Å². The molecule has 1 aromatic rings. The summed E-state index contributed by atoms with van der Waals surface area (Å²) in [7, 11) is 2.00. The Bertz CT molecular complexity index is 706. The number of nitrogens with zero attached hydrogens (tertiary/aromatic N) is 4. The third-order valence-corrected chi connectivity index (χ3v) is 7.13. The molecule has 0 aromatic carbocycles. The topological polar surface area (TPSA) is 76.4 Å². The lowest BCUT2D eigenvalue weighted by molar-refractivity contribution is -0.188. The van der Waals surface area contributed by atoms with Crippen LogP contribution in [0.1, 0.15) is 70.4 Å². The van der Waals surface area contributed by atoms with Gasteiger partial charge in [-0.15, -0.1) is 10.2 Å². The van der Waals surface area contributed by atoms with Crippen molar-refractivity contribution in [3.8, 4) is 0 Å². The van der Waals surface area contributed by atoms with Crippen molar-refractivity contribution in [1.82, 2.24) is 25.4 Å². The van der Waals surface area contributed by atoms with E-state index < -0.39 is 0 Å². The monoisotopic (exact) mass is 388 g/mol. The molecular weight excluding hydrogens is 352 g/mol. The van der Waals surface area contributed by atoms with E-state index in [9.17, 15) is 0 Å². The van der Waals surface area contributed by atoms with E-state index in [0.717, 1.165) is 30.6 Å². The molecule has 2 aliphatic carbocycles. The molecule has 156 valence electrons. The van der Waals surface area contributed by atoms with Crippen LogP contribution in [0.2, 0.25) is 0 Å². The Morgan fingerprint density at radius 1 is 1.14 bits per heavy atom. The summed E-state index contributed by atoms with van der Waals surface area (Å²) >= 11 is 0. The van der Waals surface area contributed by atoms with Crippen LogP contribution in [0.15, 0.2) is 4.99 Å². The van der Waals surface area contributed by atoms with Crippen LogP contribution < -0.4 is 10.6 Å². The summed E-state index contributed by atoms with van der Waals surface area (Å²) in [6, 6.07) is 0.914. The van der Waals surface area contributed by atoms with Crippen molar-refractivity contribution >= 4 is 5.96 Å². The number of aryl methyl sites for hydroxylation is 1. The quantitative estimate of drug-likeness (QED) is 0.613. The molecule has 3 fully saturated rings. The van der Waals surface area contributed by atoms with Crippen LogP contribution in [0.25, 0.3) is 0 Å². The molecule has 0 amide bonds. The number of fused-ring (bicyclic) bond motifs is 1. The number of hydrogen-bond acceptors (Lipinski definition) is 4. The first kappa shape index (κ1) is 19.7. The smallest absolute Gasteiger partial charge is 0.192 e. The summed E-state index contributed by atoms with van der Waals surface area (Å²) in [5, 5.41) is 15.9. The largest absolute Gasteiger partial charge is 0.377 e. The van der Waals surface area contributed by atoms with E-state index in [4.69, 9.17) is 9.73 Å². The zero-order valence-corrected chi connectivity index (χ0v) is 17.9. The normalized spacial score (nSPS) is 30.4. The summed E-state index contributed by atoms with van der Waals surface area (Å²) in [5.41, 5.74) is 0.126. The van der Waals surface area contributed by atoms with E-state index in [1.165, 1.54) is 38.5 Å². The van der Waals surface area contributed by atoms with Crippen molar-refractivity contribution in [3.05, 3.63) is 11.6 Å². The van der Waals surface area contributed by atoms with Gasteiger partial charge in [0.05, 0.1) is 6.10 Å². The average Bonchev–Trinajstić information content (AvgIpc) is 3.02. The molecule has 1 aromatic heterocycles. The van der Waals surface area contributed by atoms with E-state index in [1.54, 1.807) is 0 Å². The zero-order valence-electron chi connectivity index (χ0n) is 17.9. The molecule has 2 N–H and O–H groups in total. The fourth-order valence-electron chi connectivity index (χ4n) is 5.27. The first-order valence-electron chi connectivity index (χ1n) is 11.0. The molecule has 28 heavy (non-hydrogen) atoms. The lowest BCUT2D eigenvalue weighted by atomic mass is 9.55. The fourth-order valence-corrected chi connectivity index (χ4v) is 5.27. The van der Waals surface area contributed by atoms with Crippen molar-refractivity contribution in [2.75, 3.05) is 6.61 Å². The maximum atomic E-state index is 6.08. The molecule has 3 unspecified atom stereocenters. The third-order valence-electron chi connectivity index (χ3n) is 7.13. The number of aliphatic imine (C=N–C) groups is 1. The number of ether oxygens (including phenoxy) is 1. The number of hydrogen-bond donors (Lipinski definition) is 2. The van der Waals surface area contributed by atoms with Gasteiger partial charge in [-0.1, -0.05) is 33.1 Å². The second-order valence-electron chi connectivity index (χ2n) is 9.41. The summed E-state index contributed by atoms with van der Waals surface area (Å²) in [5.74, 6) is 3.32. The molecule has 0 radical (unpaired) electrons. The van der Waals surface area contributed by atoms with Gasteiger partial charge in [0, 0.05) is 37.1 Å². The van der Waals surface area contributed by atoms with Gasteiger partial charge in [0.15, 0.2) is 11.8 Å². The first-order chi connectivity index (χ1) is 13.5. The predicted molar refractivity (Wildman–Crippen MR) is 110 cm³/mol. The summed E-state index contributed by atoms with van der Waals surface area (Å²) in [6.45, 7) is 8.06. The van der Waals surface area contributed by atoms with E-state index in [0.29, 0.717) is 30.7 Å². The Hall–Kier alpha value is -1.63. The number of rotatable bonds is 4. The van der Waals surface area contributed by atoms with Crippen LogP contribution >= 0.6 is 0 Å². The highest BCUT2D eigenvalue weighted by Crippen LogP contribution is 2.51. The lowest BCUT2D eigenvalue weighted by Gasteiger charge is -2.60. The van der Waals surface area contributed by atoms with Gasteiger partial charge in [-0.25, -0.2) is 4.99 Å². The summed E-state index contributed by atoms with van der Waals surface area (Å²) in [6.07, 6.45) is 9.20. The molecule has 2 heterocycles. The number of nitrogens with one attached hydrogen (secondary N) is 2. The first-order valence-corrected chi connectivity index (χ1v) is 11.0. The van der Waals surface area contributed by atoms with E-state index in [2.05, 4.69) is 34.7 Å². The van der Waals surface area contributed by atoms with Crippen LogP contribution in [-0.4, -0.2) is 45.5 Å². The molecule has 3 atom stereocenters. The molecule has 0 bridgehead atoms. The molecular formula is C21H36N6O. The van der Waals surface area contributed by atoms with Crippen molar-refractivity contribution in [1.29, 1.82) is 0 Å².